The van der Waals surface area contributed by atoms with Crippen molar-refractivity contribution in [3.63, 3.8) is 0 Å². The molecule has 10 heteroatoms. The van der Waals surface area contributed by atoms with Crippen molar-refractivity contribution in [1.82, 2.24) is 14.3 Å². The van der Waals surface area contributed by atoms with E-state index in [1.165, 1.54) is 12.1 Å². The first-order valence-corrected chi connectivity index (χ1v) is 9.15. The molecular weight excluding hydrogens is 383 g/mol. The fourth-order valence-electron chi connectivity index (χ4n) is 2.41. The number of para-hydroxylation sites is 1. The predicted octanol–water partition coefficient (Wildman–Crippen LogP) is 3.25. The third-order valence-corrected chi connectivity index (χ3v) is 4.98. The van der Waals surface area contributed by atoms with Gasteiger partial charge in [0.25, 0.3) is 0 Å². The molecule has 0 radical (unpaired) electrons. The zero-order valence-corrected chi connectivity index (χ0v) is 14.5. The number of alkyl halides is 3. The van der Waals surface area contributed by atoms with Crippen molar-refractivity contribution < 1.29 is 26.3 Å². The number of benzene rings is 2. The van der Waals surface area contributed by atoms with Crippen molar-refractivity contribution >= 4 is 10.0 Å². The number of halogens is 3. The van der Waals surface area contributed by atoms with Gasteiger partial charge in [-0.1, -0.05) is 24.3 Å². The van der Waals surface area contributed by atoms with E-state index in [1.807, 2.05) is 0 Å². The number of sulfonamides is 1. The minimum Gasteiger partial charge on any atom is -0.406 e. The summed E-state index contributed by atoms with van der Waals surface area (Å²) in [4.78, 5) is 3.62. The minimum atomic E-state index is -4.90. The number of hydrogen-bond donors (Lipinski definition) is 1. The van der Waals surface area contributed by atoms with Gasteiger partial charge in [0.05, 0.1) is 16.9 Å². The molecule has 0 amide bonds. The number of imidazole rings is 1. The third-order valence-electron chi connectivity index (χ3n) is 3.58. The van der Waals surface area contributed by atoms with Gasteiger partial charge in [-0.3, -0.25) is 0 Å². The van der Waals surface area contributed by atoms with Gasteiger partial charge >= 0.3 is 6.36 Å². The molecule has 2 aromatic carbocycles. The maximum absolute atomic E-state index is 12.5. The molecule has 27 heavy (non-hydrogen) atoms. The highest BCUT2D eigenvalue weighted by molar-refractivity contribution is 7.89. The lowest BCUT2D eigenvalue weighted by Crippen LogP contribution is -2.24. The molecule has 0 atom stereocenters. The fourth-order valence-corrected chi connectivity index (χ4v) is 3.45. The molecule has 0 aliphatic carbocycles. The van der Waals surface area contributed by atoms with Crippen LogP contribution in [-0.4, -0.2) is 24.3 Å². The van der Waals surface area contributed by atoms with Gasteiger partial charge in [0.2, 0.25) is 10.0 Å². The number of aromatic nitrogens is 2. The smallest absolute Gasteiger partial charge is 0.406 e. The molecule has 0 saturated carbocycles. The van der Waals surface area contributed by atoms with Crippen LogP contribution in [0, 0.1) is 0 Å². The summed E-state index contributed by atoms with van der Waals surface area (Å²) in [5.41, 5.74) is 1.40. The Morgan fingerprint density at radius 1 is 1.11 bits per heavy atom. The van der Waals surface area contributed by atoms with Gasteiger partial charge in [0, 0.05) is 25.0 Å². The largest absolute Gasteiger partial charge is 0.573 e. The Labute approximate surface area is 153 Å². The number of rotatable bonds is 6. The van der Waals surface area contributed by atoms with Gasteiger partial charge in [0.15, 0.2) is 0 Å². The Hall–Kier alpha value is -2.85. The van der Waals surface area contributed by atoms with Crippen LogP contribution in [0.25, 0.3) is 5.69 Å². The number of nitrogens with zero attached hydrogens (tertiary/aromatic N) is 2. The van der Waals surface area contributed by atoms with E-state index in [4.69, 9.17) is 0 Å². The second-order valence-electron chi connectivity index (χ2n) is 5.45. The second kappa shape index (κ2) is 7.41. The molecular formula is C17H14F3N3O3S. The summed E-state index contributed by atoms with van der Waals surface area (Å²) in [5.74, 6) is -0.607. The zero-order chi connectivity index (χ0) is 19.5. The predicted molar refractivity (Wildman–Crippen MR) is 90.7 cm³/mol. The lowest BCUT2D eigenvalue weighted by molar-refractivity contribution is -0.274. The maximum atomic E-state index is 12.5. The molecule has 0 fully saturated rings. The molecule has 6 nitrogen and oxygen atoms in total. The Morgan fingerprint density at radius 2 is 1.89 bits per heavy atom. The molecule has 0 unspecified atom stereocenters. The fraction of sp³-hybridized carbons (Fsp3) is 0.118. The highest BCUT2D eigenvalue weighted by atomic mass is 32.2. The van der Waals surface area contributed by atoms with E-state index in [0.717, 1.165) is 17.8 Å². The van der Waals surface area contributed by atoms with Crippen LogP contribution in [0.1, 0.15) is 5.56 Å². The summed E-state index contributed by atoms with van der Waals surface area (Å²) in [5, 5.41) is 0. The molecule has 0 aliphatic heterocycles. The van der Waals surface area contributed by atoms with E-state index in [9.17, 15) is 21.6 Å². The second-order valence-corrected chi connectivity index (χ2v) is 7.21. The normalized spacial score (nSPS) is 12.1. The summed E-state index contributed by atoms with van der Waals surface area (Å²) in [6, 6.07) is 11.3. The van der Waals surface area contributed by atoms with E-state index in [0.29, 0.717) is 5.56 Å². The highest BCUT2D eigenvalue weighted by Crippen LogP contribution is 2.25. The van der Waals surface area contributed by atoms with Crippen LogP contribution in [0.3, 0.4) is 0 Å². The number of ether oxygens (including phenoxy) is 1. The molecule has 1 heterocycles. The number of hydrogen-bond acceptors (Lipinski definition) is 4. The van der Waals surface area contributed by atoms with Gasteiger partial charge in [-0.2, -0.15) is 0 Å². The highest BCUT2D eigenvalue weighted by Gasteiger charge is 2.31. The Balaban J connectivity index is 1.80. The van der Waals surface area contributed by atoms with Gasteiger partial charge in [-0.05, 0) is 23.8 Å². The molecule has 1 aromatic heterocycles. The van der Waals surface area contributed by atoms with Gasteiger partial charge in [-0.15, -0.1) is 13.2 Å². The Kier molecular flexibility index (Phi) is 5.19. The third kappa shape index (κ3) is 4.86. The molecule has 1 N–H and O–H groups in total. The van der Waals surface area contributed by atoms with E-state index in [-0.39, 0.29) is 11.4 Å². The molecule has 142 valence electrons. The average Bonchev–Trinajstić information content (AvgIpc) is 3.13. The van der Waals surface area contributed by atoms with Crippen LogP contribution in [-0.2, 0) is 16.6 Å². The van der Waals surface area contributed by atoms with Crippen LogP contribution in [0.5, 0.6) is 5.75 Å². The van der Waals surface area contributed by atoms with Gasteiger partial charge in [0.1, 0.15) is 5.75 Å². The standard InChI is InChI=1S/C17H14F3N3O3S/c18-17(19,20)26-14-5-3-6-15(10-14)27(24,25)22-11-13-4-1-2-7-16(13)23-9-8-21-12-23/h1-10,12,22H,11H2. The van der Waals surface area contributed by atoms with Gasteiger partial charge < -0.3 is 9.30 Å². The first-order valence-electron chi connectivity index (χ1n) is 7.66. The summed E-state index contributed by atoms with van der Waals surface area (Å²) in [6.45, 7) is -0.0545. The molecule has 0 aliphatic rings. The van der Waals surface area contributed by atoms with E-state index in [2.05, 4.69) is 14.4 Å². The minimum absolute atomic E-state index is 0.0545. The topological polar surface area (TPSA) is 73.2 Å². The molecule has 0 saturated heterocycles. The van der Waals surface area contributed by atoms with E-state index >= 15 is 0 Å². The monoisotopic (exact) mass is 397 g/mol. The maximum Gasteiger partial charge on any atom is 0.573 e. The van der Waals surface area contributed by atoms with Crippen LogP contribution in [0.2, 0.25) is 0 Å². The van der Waals surface area contributed by atoms with Crippen LogP contribution < -0.4 is 9.46 Å². The molecule has 0 spiro atoms. The lowest BCUT2D eigenvalue weighted by atomic mass is 10.2. The van der Waals surface area contributed by atoms with Crippen molar-refractivity contribution in [3.05, 3.63) is 72.8 Å². The summed E-state index contributed by atoms with van der Waals surface area (Å²) in [6.07, 6.45) is -0.0246. The summed E-state index contributed by atoms with van der Waals surface area (Å²) < 4.78 is 69.8. The first-order chi connectivity index (χ1) is 12.7. The Morgan fingerprint density at radius 3 is 2.59 bits per heavy atom. The lowest BCUT2D eigenvalue weighted by Gasteiger charge is -2.13. The van der Waals surface area contributed by atoms with E-state index < -0.39 is 22.1 Å². The van der Waals surface area contributed by atoms with Gasteiger partial charge in [-0.25, -0.2) is 18.1 Å². The van der Waals surface area contributed by atoms with E-state index in [1.54, 1.807) is 47.6 Å². The summed E-state index contributed by atoms with van der Waals surface area (Å²) >= 11 is 0. The average molecular weight is 397 g/mol. The zero-order valence-electron chi connectivity index (χ0n) is 13.7. The van der Waals surface area contributed by atoms with Crippen molar-refractivity contribution in [2.24, 2.45) is 0 Å². The van der Waals surface area contributed by atoms with Crippen LogP contribution >= 0.6 is 0 Å². The van der Waals surface area contributed by atoms with Crippen molar-refractivity contribution in [2.45, 2.75) is 17.8 Å². The van der Waals surface area contributed by atoms with Crippen molar-refractivity contribution in [3.8, 4) is 11.4 Å². The SMILES string of the molecule is O=S(=O)(NCc1ccccc1-n1ccnc1)c1cccc(OC(F)(F)F)c1. The Bertz CT molecular complexity index is 1020. The van der Waals surface area contributed by atoms with Crippen LogP contribution in [0.15, 0.2) is 72.1 Å². The molecule has 3 aromatic rings. The quantitative estimate of drug-likeness (QED) is 0.693. The number of nitrogens with one attached hydrogen (secondary N) is 1. The molecule has 0 bridgehead atoms. The van der Waals surface area contributed by atoms with Crippen molar-refractivity contribution in [2.75, 3.05) is 0 Å². The molecule has 3 rings (SSSR count). The first kappa shape index (κ1) is 18.9. The van der Waals surface area contributed by atoms with Crippen molar-refractivity contribution in [1.29, 1.82) is 0 Å². The summed E-state index contributed by atoms with van der Waals surface area (Å²) in [7, 11) is -4.04. The van der Waals surface area contributed by atoms with Crippen LogP contribution in [0.4, 0.5) is 13.2 Å².